The van der Waals surface area contributed by atoms with E-state index in [2.05, 4.69) is 10.3 Å². The van der Waals surface area contributed by atoms with Gasteiger partial charge in [-0.1, -0.05) is 18.2 Å². The van der Waals surface area contributed by atoms with Crippen molar-refractivity contribution >= 4 is 34.7 Å². The number of oxazole rings is 1. The van der Waals surface area contributed by atoms with E-state index in [1.165, 1.54) is 37.3 Å². The highest BCUT2D eigenvalue weighted by molar-refractivity contribution is 5.96. The van der Waals surface area contributed by atoms with Crippen molar-refractivity contribution in [3.63, 3.8) is 0 Å². The molecule has 3 rings (SSSR count). The largest absolute Gasteiger partial charge is 0.449 e. The van der Waals surface area contributed by atoms with Gasteiger partial charge in [-0.05, 0) is 37.3 Å². The molecule has 1 heterocycles. The van der Waals surface area contributed by atoms with E-state index in [0.29, 0.717) is 11.1 Å². The van der Waals surface area contributed by atoms with Crippen LogP contribution in [-0.4, -0.2) is 23.0 Å². The van der Waals surface area contributed by atoms with E-state index in [9.17, 15) is 14.0 Å². The third-order valence-electron chi connectivity index (χ3n) is 3.43. The second kappa shape index (κ2) is 7.60. The Hall–Kier alpha value is -3.48. The van der Waals surface area contributed by atoms with Crippen LogP contribution in [0.2, 0.25) is 0 Å². The van der Waals surface area contributed by atoms with Gasteiger partial charge in [0, 0.05) is 17.8 Å². The summed E-state index contributed by atoms with van der Waals surface area (Å²) in [5.41, 5.74) is 1.55. The number of fused-ring (bicyclic) bond motifs is 1. The number of ether oxygens (including phenoxy) is 1. The summed E-state index contributed by atoms with van der Waals surface area (Å²) in [4.78, 5) is 28.0. The number of hydrogen-bond donors (Lipinski definition) is 1. The molecule has 0 radical (unpaired) electrons. The highest BCUT2D eigenvalue weighted by Gasteiger charge is 2.17. The number of hydrogen-bond acceptors (Lipinski definition) is 5. The summed E-state index contributed by atoms with van der Waals surface area (Å²) in [5.74, 6) is -1.53. The SMILES string of the molecule is C[C@@H](OC(=O)/C=C/c1nc2ccccc2o1)C(=O)Nc1cccc(F)c1. The zero-order valence-corrected chi connectivity index (χ0v) is 13.8. The van der Waals surface area contributed by atoms with Crippen LogP contribution in [0.15, 0.2) is 59.0 Å². The molecule has 0 aliphatic carbocycles. The highest BCUT2D eigenvalue weighted by Crippen LogP contribution is 2.15. The van der Waals surface area contributed by atoms with Crippen molar-refractivity contribution in [3.8, 4) is 0 Å². The zero-order valence-electron chi connectivity index (χ0n) is 13.8. The van der Waals surface area contributed by atoms with E-state index < -0.39 is 23.8 Å². The van der Waals surface area contributed by atoms with Crippen LogP contribution in [0.1, 0.15) is 12.8 Å². The van der Waals surface area contributed by atoms with Crippen LogP contribution in [-0.2, 0) is 14.3 Å². The Bertz CT molecular complexity index is 947. The van der Waals surface area contributed by atoms with Gasteiger partial charge in [-0.2, -0.15) is 0 Å². The fourth-order valence-electron chi connectivity index (χ4n) is 2.18. The molecule has 0 aliphatic heterocycles. The van der Waals surface area contributed by atoms with Crippen molar-refractivity contribution in [2.45, 2.75) is 13.0 Å². The number of halogens is 1. The molecule has 26 heavy (non-hydrogen) atoms. The minimum absolute atomic E-state index is 0.250. The van der Waals surface area contributed by atoms with Gasteiger partial charge in [0.25, 0.3) is 5.91 Å². The Morgan fingerprint density at radius 3 is 2.81 bits per heavy atom. The van der Waals surface area contributed by atoms with E-state index in [-0.39, 0.29) is 11.6 Å². The van der Waals surface area contributed by atoms with Crippen LogP contribution in [0.3, 0.4) is 0 Å². The molecule has 6 nitrogen and oxygen atoms in total. The van der Waals surface area contributed by atoms with Crippen molar-refractivity contribution in [3.05, 3.63) is 66.3 Å². The van der Waals surface area contributed by atoms with Gasteiger partial charge >= 0.3 is 5.97 Å². The lowest BCUT2D eigenvalue weighted by molar-refractivity contribution is -0.148. The number of carbonyl (C=O) groups is 2. The predicted molar refractivity (Wildman–Crippen MR) is 93.6 cm³/mol. The van der Waals surface area contributed by atoms with Crippen molar-refractivity contribution < 1.29 is 23.1 Å². The minimum Gasteiger partial charge on any atom is -0.449 e. The van der Waals surface area contributed by atoms with E-state index in [4.69, 9.17) is 9.15 Å². The van der Waals surface area contributed by atoms with Gasteiger partial charge in [-0.3, -0.25) is 4.79 Å². The average molecular weight is 354 g/mol. The Morgan fingerprint density at radius 2 is 2.04 bits per heavy atom. The molecule has 0 spiro atoms. The minimum atomic E-state index is -1.06. The quantitative estimate of drug-likeness (QED) is 0.560. The smallest absolute Gasteiger partial charge is 0.331 e. The van der Waals surface area contributed by atoms with Crippen LogP contribution in [0, 0.1) is 5.82 Å². The van der Waals surface area contributed by atoms with Crippen LogP contribution in [0.5, 0.6) is 0 Å². The van der Waals surface area contributed by atoms with Crippen molar-refractivity contribution in [1.82, 2.24) is 4.98 Å². The molecule has 0 unspecified atom stereocenters. The third-order valence-corrected chi connectivity index (χ3v) is 3.43. The molecule has 7 heteroatoms. The Morgan fingerprint density at radius 1 is 1.23 bits per heavy atom. The lowest BCUT2D eigenvalue weighted by Crippen LogP contribution is -2.29. The maximum Gasteiger partial charge on any atom is 0.331 e. The first-order valence-corrected chi connectivity index (χ1v) is 7.82. The molecule has 3 aromatic rings. The van der Waals surface area contributed by atoms with Crippen molar-refractivity contribution in [2.75, 3.05) is 5.32 Å². The number of nitrogens with one attached hydrogen (secondary N) is 1. The highest BCUT2D eigenvalue weighted by atomic mass is 19.1. The number of esters is 1. The molecule has 1 atom stereocenters. The lowest BCUT2D eigenvalue weighted by Gasteiger charge is -2.12. The first-order chi connectivity index (χ1) is 12.5. The average Bonchev–Trinajstić information content (AvgIpc) is 3.03. The number of aromatic nitrogens is 1. The molecular weight excluding hydrogens is 339 g/mol. The van der Waals surface area contributed by atoms with Crippen LogP contribution in [0.4, 0.5) is 10.1 Å². The number of carbonyl (C=O) groups excluding carboxylic acids is 2. The van der Waals surface area contributed by atoms with Gasteiger partial charge in [0.1, 0.15) is 11.3 Å². The summed E-state index contributed by atoms with van der Waals surface area (Å²) in [6.45, 7) is 1.42. The Balaban J connectivity index is 1.57. The number of nitrogens with zero attached hydrogens (tertiary/aromatic N) is 1. The Kier molecular flexibility index (Phi) is 5.07. The van der Waals surface area contributed by atoms with Gasteiger partial charge in [0.2, 0.25) is 5.89 Å². The van der Waals surface area contributed by atoms with Gasteiger partial charge < -0.3 is 14.5 Å². The van der Waals surface area contributed by atoms with E-state index in [0.717, 1.165) is 6.08 Å². The maximum absolute atomic E-state index is 13.1. The number of para-hydroxylation sites is 2. The van der Waals surface area contributed by atoms with Crippen molar-refractivity contribution in [2.24, 2.45) is 0 Å². The molecular formula is C19H15FN2O4. The summed E-state index contributed by atoms with van der Waals surface area (Å²) in [6, 6.07) is 12.6. The fraction of sp³-hybridized carbons (Fsp3) is 0.105. The molecule has 0 aliphatic rings. The number of anilines is 1. The molecule has 132 valence electrons. The monoisotopic (exact) mass is 354 g/mol. The maximum atomic E-state index is 13.1. The summed E-state index contributed by atoms with van der Waals surface area (Å²) < 4.78 is 23.6. The standard InChI is InChI=1S/C19H15FN2O4/c1-12(19(24)21-14-6-4-5-13(20)11-14)25-18(23)10-9-17-22-15-7-2-3-8-16(15)26-17/h2-12H,1H3,(H,21,24)/b10-9+/t12-/m1/s1. The van der Waals surface area contributed by atoms with Crippen LogP contribution < -0.4 is 5.32 Å². The molecule has 0 saturated carbocycles. The molecule has 1 N–H and O–H groups in total. The number of rotatable bonds is 5. The van der Waals surface area contributed by atoms with E-state index in [1.807, 2.05) is 12.1 Å². The second-order valence-electron chi connectivity index (χ2n) is 5.43. The van der Waals surface area contributed by atoms with Crippen LogP contribution in [0.25, 0.3) is 17.2 Å². The van der Waals surface area contributed by atoms with E-state index >= 15 is 0 Å². The van der Waals surface area contributed by atoms with Gasteiger partial charge in [-0.25, -0.2) is 14.2 Å². The summed E-state index contributed by atoms with van der Waals surface area (Å²) in [6.07, 6.45) is 1.43. The molecule has 1 aromatic heterocycles. The second-order valence-corrected chi connectivity index (χ2v) is 5.43. The first-order valence-electron chi connectivity index (χ1n) is 7.82. The zero-order chi connectivity index (χ0) is 18.5. The molecule has 2 aromatic carbocycles. The molecule has 0 saturated heterocycles. The summed E-state index contributed by atoms with van der Waals surface area (Å²) >= 11 is 0. The molecule has 0 fully saturated rings. The van der Waals surface area contributed by atoms with E-state index in [1.54, 1.807) is 12.1 Å². The van der Waals surface area contributed by atoms with Crippen molar-refractivity contribution in [1.29, 1.82) is 0 Å². The Labute approximate surface area is 148 Å². The lowest BCUT2D eigenvalue weighted by atomic mass is 10.3. The number of amides is 1. The topological polar surface area (TPSA) is 81.4 Å². The fourth-order valence-corrected chi connectivity index (χ4v) is 2.18. The van der Waals surface area contributed by atoms with Gasteiger partial charge in [0.05, 0.1) is 0 Å². The predicted octanol–water partition coefficient (Wildman–Crippen LogP) is 3.55. The molecule has 0 bridgehead atoms. The van der Waals surface area contributed by atoms with Gasteiger partial charge in [0.15, 0.2) is 11.7 Å². The van der Waals surface area contributed by atoms with Gasteiger partial charge in [-0.15, -0.1) is 0 Å². The number of benzene rings is 2. The molecule has 1 amide bonds. The first kappa shape index (κ1) is 17.3. The normalized spacial score (nSPS) is 12.2. The summed E-state index contributed by atoms with van der Waals surface area (Å²) in [7, 11) is 0. The third kappa shape index (κ3) is 4.32. The summed E-state index contributed by atoms with van der Waals surface area (Å²) in [5, 5.41) is 2.47. The van der Waals surface area contributed by atoms with Crippen LogP contribution >= 0.6 is 0 Å².